The Morgan fingerprint density at radius 2 is 1.70 bits per heavy atom. The largest absolute Gasteiger partial charge is 0.494 e. The second-order valence-electron chi connectivity index (χ2n) is 7.44. The lowest BCUT2D eigenvalue weighted by Gasteiger charge is -2.17. The molecule has 0 radical (unpaired) electrons. The van der Waals surface area contributed by atoms with Gasteiger partial charge in [-0.15, -0.1) is 0 Å². The molecule has 3 rings (SSSR count). The molecule has 1 aliphatic rings. The Morgan fingerprint density at radius 3 is 2.37 bits per heavy atom. The number of carbonyl (C=O) groups is 2. The molecule has 6 heteroatoms. The Bertz CT molecular complexity index is 833. The zero-order valence-electron chi connectivity index (χ0n) is 17.7. The van der Waals surface area contributed by atoms with Gasteiger partial charge in [-0.3, -0.25) is 9.59 Å². The van der Waals surface area contributed by atoms with Gasteiger partial charge in [0.15, 0.2) is 0 Å². The van der Waals surface area contributed by atoms with Crippen molar-refractivity contribution in [3.63, 3.8) is 0 Å². The fraction of sp³-hybridized carbons (Fsp3) is 0.417. The van der Waals surface area contributed by atoms with Gasteiger partial charge >= 0.3 is 0 Å². The summed E-state index contributed by atoms with van der Waals surface area (Å²) in [5.41, 5.74) is 1.45. The number of rotatable bonds is 10. The number of benzene rings is 2. The summed E-state index contributed by atoms with van der Waals surface area (Å²) >= 11 is 0. The zero-order chi connectivity index (χ0) is 21.3. The first-order valence-electron chi connectivity index (χ1n) is 10.6. The Hall–Kier alpha value is -3.02. The number of ether oxygens (including phenoxy) is 2. The molecule has 6 nitrogen and oxygen atoms in total. The fourth-order valence-corrected chi connectivity index (χ4v) is 3.43. The van der Waals surface area contributed by atoms with Gasteiger partial charge in [0.1, 0.15) is 11.5 Å². The monoisotopic (exact) mass is 410 g/mol. The van der Waals surface area contributed by atoms with Crippen LogP contribution in [0, 0.1) is 5.92 Å². The van der Waals surface area contributed by atoms with E-state index in [1.165, 1.54) is 0 Å². The summed E-state index contributed by atoms with van der Waals surface area (Å²) in [4.78, 5) is 26.6. The van der Waals surface area contributed by atoms with E-state index in [4.69, 9.17) is 9.47 Å². The fourth-order valence-electron chi connectivity index (χ4n) is 3.43. The van der Waals surface area contributed by atoms with E-state index in [1.54, 1.807) is 17.0 Å². The van der Waals surface area contributed by atoms with Crippen molar-refractivity contribution in [1.29, 1.82) is 0 Å². The van der Waals surface area contributed by atoms with Crippen LogP contribution in [0.25, 0.3) is 0 Å². The average molecular weight is 411 g/mol. The highest BCUT2D eigenvalue weighted by atomic mass is 16.5. The summed E-state index contributed by atoms with van der Waals surface area (Å²) in [5, 5.41) is 2.95. The summed E-state index contributed by atoms with van der Waals surface area (Å²) in [7, 11) is 0. The molecule has 0 saturated carbocycles. The maximum atomic E-state index is 12.4. The van der Waals surface area contributed by atoms with E-state index in [0.717, 1.165) is 30.0 Å². The van der Waals surface area contributed by atoms with E-state index >= 15 is 0 Å². The Morgan fingerprint density at radius 1 is 1.03 bits per heavy atom. The second-order valence-corrected chi connectivity index (χ2v) is 7.44. The van der Waals surface area contributed by atoms with Crippen LogP contribution in [0.5, 0.6) is 11.5 Å². The number of nitrogens with zero attached hydrogens (tertiary/aromatic N) is 1. The highest BCUT2D eigenvalue weighted by Gasteiger charge is 2.30. The van der Waals surface area contributed by atoms with Crippen LogP contribution in [0.4, 0.5) is 5.69 Å². The third kappa shape index (κ3) is 5.75. The van der Waals surface area contributed by atoms with Crippen LogP contribution in [-0.4, -0.2) is 38.1 Å². The van der Waals surface area contributed by atoms with Gasteiger partial charge in [0.05, 0.1) is 13.2 Å². The quantitative estimate of drug-likeness (QED) is 0.600. The Kier molecular flexibility index (Phi) is 7.71. The van der Waals surface area contributed by atoms with Crippen LogP contribution >= 0.6 is 0 Å². The topological polar surface area (TPSA) is 67.9 Å². The van der Waals surface area contributed by atoms with Gasteiger partial charge in [-0.1, -0.05) is 13.3 Å². The molecule has 0 aromatic heterocycles. The molecule has 1 heterocycles. The number of carbonyl (C=O) groups excluding carboxylic acids is 2. The SMILES string of the molecule is CCCCOc1ccc(C(=O)NCC2CC(=O)N(c3ccc(OCC)cc3)C2)cc1. The number of hydrogen-bond donors (Lipinski definition) is 1. The lowest BCUT2D eigenvalue weighted by atomic mass is 10.1. The van der Waals surface area contributed by atoms with Gasteiger partial charge in [-0.05, 0) is 61.9 Å². The van der Waals surface area contributed by atoms with Gasteiger partial charge < -0.3 is 19.7 Å². The molecule has 1 aliphatic heterocycles. The summed E-state index contributed by atoms with van der Waals surface area (Å²) < 4.78 is 11.1. The van der Waals surface area contributed by atoms with Crippen molar-refractivity contribution in [2.45, 2.75) is 33.1 Å². The minimum atomic E-state index is -0.137. The van der Waals surface area contributed by atoms with Crippen molar-refractivity contribution < 1.29 is 19.1 Å². The van der Waals surface area contributed by atoms with E-state index in [1.807, 2.05) is 43.3 Å². The Labute approximate surface area is 178 Å². The number of anilines is 1. The maximum absolute atomic E-state index is 12.4. The van der Waals surface area contributed by atoms with Crippen LogP contribution in [-0.2, 0) is 4.79 Å². The summed E-state index contributed by atoms with van der Waals surface area (Å²) in [6, 6.07) is 14.7. The van der Waals surface area contributed by atoms with E-state index in [9.17, 15) is 9.59 Å². The number of unbranched alkanes of at least 4 members (excludes halogenated alkanes) is 1. The first-order chi connectivity index (χ1) is 14.6. The Balaban J connectivity index is 1.49. The molecule has 1 N–H and O–H groups in total. The molecule has 1 unspecified atom stereocenters. The van der Waals surface area contributed by atoms with Gasteiger partial charge in [0.25, 0.3) is 5.91 Å². The molecule has 2 amide bonds. The average Bonchev–Trinajstić information content (AvgIpc) is 3.14. The lowest BCUT2D eigenvalue weighted by molar-refractivity contribution is -0.117. The standard InChI is InChI=1S/C24H30N2O4/c1-3-5-14-30-22-10-6-19(7-11-22)24(28)25-16-18-15-23(27)26(17-18)20-8-12-21(13-9-20)29-4-2/h6-13,18H,3-5,14-17H2,1-2H3,(H,25,28). The molecular weight excluding hydrogens is 380 g/mol. The summed E-state index contributed by atoms with van der Waals surface area (Å²) in [5.74, 6) is 1.59. The van der Waals surface area contributed by atoms with E-state index < -0.39 is 0 Å². The minimum Gasteiger partial charge on any atom is -0.494 e. The lowest BCUT2D eigenvalue weighted by Crippen LogP contribution is -2.31. The van der Waals surface area contributed by atoms with Crippen molar-refractivity contribution in [2.75, 3.05) is 31.2 Å². The highest BCUT2D eigenvalue weighted by Crippen LogP contribution is 2.26. The summed E-state index contributed by atoms with van der Waals surface area (Å²) in [6.07, 6.45) is 2.52. The van der Waals surface area contributed by atoms with E-state index in [2.05, 4.69) is 12.2 Å². The zero-order valence-corrected chi connectivity index (χ0v) is 17.7. The van der Waals surface area contributed by atoms with Gasteiger partial charge in [0.2, 0.25) is 5.91 Å². The number of amides is 2. The van der Waals surface area contributed by atoms with Crippen molar-refractivity contribution >= 4 is 17.5 Å². The molecule has 0 bridgehead atoms. The van der Waals surface area contributed by atoms with Crippen LogP contribution in [0.15, 0.2) is 48.5 Å². The van der Waals surface area contributed by atoms with Crippen LogP contribution in [0.3, 0.4) is 0 Å². The normalized spacial score (nSPS) is 15.9. The van der Waals surface area contributed by atoms with Crippen LogP contribution < -0.4 is 19.7 Å². The van der Waals surface area contributed by atoms with Crippen molar-refractivity contribution in [2.24, 2.45) is 5.92 Å². The van der Waals surface area contributed by atoms with Gasteiger partial charge in [0, 0.05) is 36.7 Å². The molecule has 30 heavy (non-hydrogen) atoms. The summed E-state index contributed by atoms with van der Waals surface area (Å²) in [6.45, 7) is 6.41. The van der Waals surface area contributed by atoms with Crippen LogP contribution in [0.2, 0.25) is 0 Å². The second kappa shape index (κ2) is 10.7. The molecular formula is C24H30N2O4. The molecule has 2 aromatic carbocycles. The van der Waals surface area contributed by atoms with E-state index in [0.29, 0.717) is 38.3 Å². The first-order valence-corrected chi connectivity index (χ1v) is 10.6. The molecule has 1 atom stereocenters. The molecule has 2 aromatic rings. The molecule has 0 spiro atoms. The first kappa shape index (κ1) is 21.7. The number of hydrogen-bond acceptors (Lipinski definition) is 4. The van der Waals surface area contributed by atoms with E-state index in [-0.39, 0.29) is 17.7 Å². The van der Waals surface area contributed by atoms with Crippen molar-refractivity contribution in [1.82, 2.24) is 5.32 Å². The molecule has 1 fully saturated rings. The van der Waals surface area contributed by atoms with Crippen molar-refractivity contribution in [3.05, 3.63) is 54.1 Å². The smallest absolute Gasteiger partial charge is 0.251 e. The van der Waals surface area contributed by atoms with Gasteiger partial charge in [-0.25, -0.2) is 0 Å². The minimum absolute atomic E-state index is 0.0759. The van der Waals surface area contributed by atoms with Crippen LogP contribution in [0.1, 0.15) is 43.5 Å². The molecule has 160 valence electrons. The van der Waals surface area contributed by atoms with Crippen molar-refractivity contribution in [3.8, 4) is 11.5 Å². The predicted octanol–water partition coefficient (Wildman–Crippen LogP) is 4.05. The maximum Gasteiger partial charge on any atom is 0.251 e. The highest BCUT2D eigenvalue weighted by molar-refractivity contribution is 5.96. The third-order valence-corrected chi connectivity index (χ3v) is 5.10. The molecule has 0 aliphatic carbocycles. The third-order valence-electron chi connectivity index (χ3n) is 5.10. The number of nitrogens with one attached hydrogen (secondary N) is 1. The molecule has 1 saturated heterocycles. The van der Waals surface area contributed by atoms with Gasteiger partial charge in [-0.2, -0.15) is 0 Å². The predicted molar refractivity (Wildman–Crippen MR) is 117 cm³/mol.